The second-order valence-electron chi connectivity index (χ2n) is 2.55. The van der Waals surface area contributed by atoms with Gasteiger partial charge in [-0.05, 0) is 28.1 Å². The Kier molecular flexibility index (Phi) is 4.73. The van der Waals surface area contributed by atoms with E-state index in [-0.39, 0.29) is 20.4 Å². The molecule has 0 saturated carbocycles. The van der Waals surface area contributed by atoms with Gasteiger partial charge in [-0.15, -0.1) is 0 Å². The lowest BCUT2D eigenvalue weighted by Gasteiger charge is -2.09. The van der Waals surface area contributed by atoms with Crippen molar-refractivity contribution in [2.75, 3.05) is 9.38 Å². The Labute approximate surface area is 114 Å². The number of halogens is 4. The minimum atomic E-state index is -3.42. The molecule has 0 spiro atoms. The predicted octanol–water partition coefficient (Wildman–Crippen LogP) is 3.85. The quantitative estimate of drug-likeness (QED) is 0.622. The second-order valence-corrected chi connectivity index (χ2v) is 7.18. The number of nitrogens with one attached hydrogen (secondary N) is 1. The fraction of sp³-hybridized carbons (Fsp3) is 0.143. The number of rotatable bonds is 3. The molecule has 0 aliphatic carbocycles. The smallest absolute Gasteiger partial charge is 0.242 e. The van der Waals surface area contributed by atoms with Gasteiger partial charge in [0.15, 0.2) is 0 Å². The molecule has 0 radical (unpaired) electrons. The standard InChI is InChI=1S/C7H5Br2Cl2NO2S/c8-3-15(13,14)12-5-2-1-4(9)6(10)7(5)11/h1-2,12H,3H2. The van der Waals surface area contributed by atoms with Gasteiger partial charge in [0.2, 0.25) is 10.0 Å². The number of alkyl halides is 1. The highest BCUT2D eigenvalue weighted by Gasteiger charge is 2.13. The van der Waals surface area contributed by atoms with Gasteiger partial charge in [-0.1, -0.05) is 39.1 Å². The van der Waals surface area contributed by atoms with Gasteiger partial charge in [0.05, 0.1) is 15.7 Å². The molecule has 1 aromatic rings. The summed E-state index contributed by atoms with van der Waals surface area (Å²) in [5.74, 6) is 0. The van der Waals surface area contributed by atoms with Crippen LogP contribution in [0.4, 0.5) is 5.69 Å². The van der Waals surface area contributed by atoms with Gasteiger partial charge in [0.25, 0.3) is 0 Å². The second kappa shape index (κ2) is 5.23. The van der Waals surface area contributed by atoms with Crippen LogP contribution in [0.25, 0.3) is 0 Å². The van der Waals surface area contributed by atoms with Gasteiger partial charge < -0.3 is 0 Å². The van der Waals surface area contributed by atoms with Crippen molar-refractivity contribution in [3.63, 3.8) is 0 Å². The first-order chi connectivity index (χ1) is 6.87. The topological polar surface area (TPSA) is 46.2 Å². The molecule has 84 valence electrons. The average molecular weight is 398 g/mol. The van der Waals surface area contributed by atoms with Crippen molar-refractivity contribution in [3.8, 4) is 0 Å². The van der Waals surface area contributed by atoms with E-state index in [4.69, 9.17) is 23.2 Å². The Balaban J connectivity index is 3.13. The molecule has 0 aliphatic heterocycles. The van der Waals surface area contributed by atoms with E-state index in [1.807, 2.05) is 0 Å². The van der Waals surface area contributed by atoms with Gasteiger partial charge in [0.1, 0.15) is 4.66 Å². The maximum atomic E-state index is 11.2. The summed E-state index contributed by atoms with van der Waals surface area (Å²) in [5, 5.41) is 0.432. The van der Waals surface area contributed by atoms with E-state index in [9.17, 15) is 8.42 Å². The zero-order valence-electron chi connectivity index (χ0n) is 7.10. The molecule has 0 bridgehead atoms. The summed E-state index contributed by atoms with van der Waals surface area (Å²) in [6, 6.07) is 3.14. The molecule has 0 atom stereocenters. The molecule has 1 rings (SSSR count). The Hall–Kier alpha value is 0.510. The number of anilines is 1. The number of hydrogen-bond donors (Lipinski definition) is 1. The largest absolute Gasteiger partial charge is 0.281 e. The molecule has 1 aromatic carbocycles. The molecular weight excluding hydrogens is 393 g/mol. The van der Waals surface area contributed by atoms with Crippen molar-refractivity contribution in [2.24, 2.45) is 0 Å². The minimum absolute atomic E-state index is 0.163. The Morgan fingerprint density at radius 1 is 1.27 bits per heavy atom. The van der Waals surface area contributed by atoms with Crippen molar-refractivity contribution in [3.05, 3.63) is 26.7 Å². The zero-order chi connectivity index (χ0) is 11.6. The van der Waals surface area contributed by atoms with Gasteiger partial charge >= 0.3 is 0 Å². The number of hydrogen-bond acceptors (Lipinski definition) is 2. The lowest BCUT2D eigenvalue weighted by Crippen LogP contribution is -2.13. The van der Waals surface area contributed by atoms with E-state index in [1.165, 1.54) is 6.07 Å². The highest BCUT2D eigenvalue weighted by Crippen LogP contribution is 2.36. The molecule has 0 amide bonds. The van der Waals surface area contributed by atoms with Crippen LogP contribution in [0.2, 0.25) is 10.0 Å². The molecule has 1 N–H and O–H groups in total. The van der Waals surface area contributed by atoms with Crippen LogP contribution in [0.5, 0.6) is 0 Å². The van der Waals surface area contributed by atoms with Crippen molar-refractivity contribution in [1.29, 1.82) is 0 Å². The fourth-order valence-electron chi connectivity index (χ4n) is 0.800. The first-order valence-electron chi connectivity index (χ1n) is 3.57. The van der Waals surface area contributed by atoms with Crippen molar-refractivity contribution in [2.45, 2.75) is 0 Å². The summed E-state index contributed by atoms with van der Waals surface area (Å²) in [5.41, 5.74) is 0.254. The van der Waals surface area contributed by atoms with E-state index >= 15 is 0 Å². The van der Waals surface area contributed by atoms with Crippen LogP contribution in [0, 0.1) is 0 Å². The molecular formula is C7H5Br2Cl2NO2S. The van der Waals surface area contributed by atoms with Crippen LogP contribution in [-0.4, -0.2) is 13.1 Å². The highest BCUT2D eigenvalue weighted by molar-refractivity contribution is 9.11. The third kappa shape index (κ3) is 3.49. The van der Waals surface area contributed by atoms with Gasteiger partial charge in [-0.3, -0.25) is 4.72 Å². The number of sulfonamides is 1. The molecule has 0 saturated heterocycles. The summed E-state index contributed by atoms with van der Waals surface area (Å²) in [7, 11) is -3.42. The lowest BCUT2D eigenvalue weighted by molar-refractivity contribution is 0.606. The van der Waals surface area contributed by atoms with Gasteiger partial charge in [-0.25, -0.2) is 8.42 Å². The molecule has 0 aromatic heterocycles. The normalized spacial score (nSPS) is 11.5. The van der Waals surface area contributed by atoms with E-state index in [2.05, 4.69) is 36.6 Å². The molecule has 0 fully saturated rings. The van der Waals surface area contributed by atoms with Crippen LogP contribution < -0.4 is 4.72 Å². The first-order valence-corrected chi connectivity index (χ1v) is 7.89. The summed E-state index contributed by atoms with van der Waals surface area (Å²) in [6.45, 7) is 0. The molecule has 0 heterocycles. The third-order valence-electron chi connectivity index (χ3n) is 1.44. The lowest BCUT2D eigenvalue weighted by atomic mass is 10.3. The predicted molar refractivity (Wildman–Crippen MR) is 70.5 cm³/mol. The maximum Gasteiger partial charge on any atom is 0.242 e. The first kappa shape index (κ1) is 13.6. The maximum absolute atomic E-state index is 11.2. The van der Waals surface area contributed by atoms with Crippen LogP contribution in [0.1, 0.15) is 0 Å². The van der Waals surface area contributed by atoms with E-state index < -0.39 is 10.0 Å². The molecule has 8 heteroatoms. The van der Waals surface area contributed by atoms with Crippen LogP contribution in [0.15, 0.2) is 16.6 Å². The van der Waals surface area contributed by atoms with Crippen molar-refractivity contribution < 1.29 is 8.42 Å². The van der Waals surface area contributed by atoms with Crippen LogP contribution in [0.3, 0.4) is 0 Å². The Morgan fingerprint density at radius 3 is 2.40 bits per heavy atom. The zero-order valence-corrected chi connectivity index (χ0v) is 12.6. The summed E-state index contributed by atoms with van der Waals surface area (Å²) in [6.07, 6.45) is 0. The van der Waals surface area contributed by atoms with Crippen LogP contribution in [-0.2, 0) is 10.0 Å². The highest BCUT2D eigenvalue weighted by atomic mass is 79.9. The molecule has 0 unspecified atom stereocenters. The van der Waals surface area contributed by atoms with E-state index in [1.54, 1.807) is 6.07 Å². The summed E-state index contributed by atoms with van der Waals surface area (Å²) >= 11 is 17.7. The average Bonchev–Trinajstić information content (AvgIpc) is 2.19. The summed E-state index contributed by atoms with van der Waals surface area (Å²) in [4.78, 5) is 0. The Morgan fingerprint density at radius 2 is 1.87 bits per heavy atom. The monoisotopic (exact) mass is 395 g/mol. The van der Waals surface area contributed by atoms with Crippen molar-refractivity contribution in [1.82, 2.24) is 0 Å². The van der Waals surface area contributed by atoms with E-state index in [0.29, 0.717) is 4.47 Å². The van der Waals surface area contributed by atoms with Gasteiger partial charge in [-0.2, -0.15) is 0 Å². The molecule has 3 nitrogen and oxygen atoms in total. The van der Waals surface area contributed by atoms with Gasteiger partial charge in [0, 0.05) is 4.47 Å². The molecule has 0 aliphatic rings. The van der Waals surface area contributed by atoms with Crippen molar-refractivity contribution >= 4 is 70.8 Å². The van der Waals surface area contributed by atoms with Crippen LogP contribution >= 0.6 is 55.1 Å². The molecule has 15 heavy (non-hydrogen) atoms. The minimum Gasteiger partial charge on any atom is -0.281 e. The van der Waals surface area contributed by atoms with E-state index in [0.717, 1.165) is 0 Å². The summed E-state index contributed by atoms with van der Waals surface area (Å²) < 4.78 is 25.2. The third-order valence-corrected chi connectivity index (χ3v) is 5.84. The fourth-order valence-corrected chi connectivity index (χ4v) is 2.58. The number of benzene rings is 1. The Bertz CT molecular complexity index is 478. The SMILES string of the molecule is O=S(=O)(CBr)Nc1ccc(Br)c(Cl)c1Cl.